The molecule has 0 radical (unpaired) electrons. The summed E-state index contributed by atoms with van der Waals surface area (Å²) in [7, 11) is 0. The van der Waals surface area contributed by atoms with Crippen LogP contribution in [0.5, 0.6) is 0 Å². The van der Waals surface area contributed by atoms with Gasteiger partial charge in [-0.05, 0) is 49.1 Å². The van der Waals surface area contributed by atoms with Gasteiger partial charge in [-0.15, -0.1) is 0 Å². The SMILES string of the molecule is Cc1cccn2c(=O)c(/C=C3\SC(=S)N(CCc4ccccc4)C3=O)c(N[C@H](C)c3ccccc3)nc12. The van der Waals surface area contributed by atoms with Crippen molar-refractivity contribution < 1.29 is 4.79 Å². The summed E-state index contributed by atoms with van der Waals surface area (Å²) in [5.41, 5.74) is 3.74. The number of carbonyl (C=O) groups is 1. The Bertz CT molecular complexity index is 1570. The summed E-state index contributed by atoms with van der Waals surface area (Å²) in [6.07, 6.45) is 4.03. The summed E-state index contributed by atoms with van der Waals surface area (Å²) < 4.78 is 2.01. The van der Waals surface area contributed by atoms with E-state index in [0.717, 1.165) is 16.7 Å². The predicted octanol–water partition coefficient (Wildman–Crippen LogP) is 5.62. The average Bonchev–Trinajstić information content (AvgIpc) is 3.18. The van der Waals surface area contributed by atoms with E-state index in [-0.39, 0.29) is 17.5 Å². The van der Waals surface area contributed by atoms with Crippen LogP contribution in [0.4, 0.5) is 5.82 Å². The standard InChI is InChI=1S/C29H26N4O2S2/c1-19-10-9-16-32-26(19)31-25(30-20(2)22-13-7-4-8-14-22)23(27(32)34)18-24-28(35)33(29(36)37-24)17-15-21-11-5-3-6-12-21/h3-14,16,18,20,30H,15,17H2,1-2H3/b24-18-/t20-/m1/s1. The van der Waals surface area contributed by atoms with Crippen molar-refractivity contribution >= 4 is 51.7 Å². The maximum Gasteiger partial charge on any atom is 0.267 e. The maximum atomic E-state index is 13.7. The molecule has 3 heterocycles. The third-order valence-corrected chi connectivity index (χ3v) is 7.73. The number of nitrogens with one attached hydrogen (secondary N) is 1. The third kappa shape index (κ3) is 5.21. The molecule has 1 aliphatic rings. The largest absolute Gasteiger partial charge is 0.363 e. The molecule has 4 aromatic rings. The van der Waals surface area contributed by atoms with Crippen molar-refractivity contribution in [3.8, 4) is 0 Å². The molecule has 186 valence electrons. The van der Waals surface area contributed by atoms with E-state index in [1.165, 1.54) is 16.2 Å². The van der Waals surface area contributed by atoms with Gasteiger partial charge in [-0.2, -0.15) is 0 Å². The second kappa shape index (κ2) is 10.7. The fraction of sp³-hybridized carbons (Fsp3) is 0.172. The van der Waals surface area contributed by atoms with Crippen molar-refractivity contribution in [3.05, 3.63) is 117 Å². The highest BCUT2D eigenvalue weighted by Gasteiger charge is 2.32. The minimum Gasteiger partial charge on any atom is -0.363 e. The molecule has 5 rings (SSSR count). The average molecular weight is 527 g/mol. The van der Waals surface area contributed by atoms with Crippen LogP contribution in [0.1, 0.15) is 35.2 Å². The number of nitrogens with zero attached hydrogens (tertiary/aromatic N) is 3. The van der Waals surface area contributed by atoms with Gasteiger partial charge in [0.2, 0.25) is 0 Å². The zero-order valence-electron chi connectivity index (χ0n) is 20.5. The Morgan fingerprint density at radius 1 is 1.03 bits per heavy atom. The summed E-state index contributed by atoms with van der Waals surface area (Å²) in [4.78, 5) is 33.8. The van der Waals surface area contributed by atoms with E-state index in [1.54, 1.807) is 17.2 Å². The fourth-order valence-electron chi connectivity index (χ4n) is 4.29. The Morgan fingerprint density at radius 3 is 2.46 bits per heavy atom. The molecule has 1 N–H and O–H groups in total. The quantitative estimate of drug-likeness (QED) is 0.249. The summed E-state index contributed by atoms with van der Waals surface area (Å²) in [6.45, 7) is 4.42. The van der Waals surface area contributed by atoms with Crippen molar-refractivity contribution in [3.63, 3.8) is 0 Å². The second-order valence-corrected chi connectivity index (χ2v) is 10.6. The van der Waals surface area contributed by atoms with E-state index in [0.29, 0.717) is 39.2 Å². The predicted molar refractivity (Wildman–Crippen MR) is 155 cm³/mol. The van der Waals surface area contributed by atoms with Crippen LogP contribution in [-0.4, -0.2) is 31.1 Å². The number of thioether (sulfide) groups is 1. The fourth-order valence-corrected chi connectivity index (χ4v) is 5.58. The minimum atomic E-state index is -0.244. The Hall–Kier alpha value is -3.75. The highest BCUT2D eigenvalue weighted by molar-refractivity contribution is 8.26. The molecule has 1 atom stereocenters. The first-order valence-electron chi connectivity index (χ1n) is 12.0. The molecule has 0 unspecified atom stereocenters. The highest BCUT2D eigenvalue weighted by atomic mass is 32.2. The van der Waals surface area contributed by atoms with Crippen LogP contribution in [0, 0.1) is 6.92 Å². The van der Waals surface area contributed by atoms with E-state index in [1.807, 2.05) is 86.6 Å². The Labute approximate surface area is 225 Å². The highest BCUT2D eigenvalue weighted by Crippen LogP contribution is 2.33. The number of amides is 1. The molecule has 1 saturated heterocycles. The Balaban J connectivity index is 1.51. The molecule has 6 nitrogen and oxygen atoms in total. The van der Waals surface area contributed by atoms with Crippen LogP contribution in [0.25, 0.3) is 11.7 Å². The zero-order valence-corrected chi connectivity index (χ0v) is 22.2. The van der Waals surface area contributed by atoms with E-state index < -0.39 is 0 Å². The van der Waals surface area contributed by atoms with Gasteiger partial charge < -0.3 is 5.32 Å². The van der Waals surface area contributed by atoms with Gasteiger partial charge >= 0.3 is 0 Å². The maximum absolute atomic E-state index is 13.7. The molecule has 0 saturated carbocycles. The van der Waals surface area contributed by atoms with Crippen LogP contribution in [0.2, 0.25) is 0 Å². The molecule has 0 bridgehead atoms. The number of carbonyl (C=O) groups excluding carboxylic acids is 1. The minimum absolute atomic E-state index is 0.105. The van der Waals surface area contributed by atoms with Crippen molar-refractivity contribution in [1.82, 2.24) is 14.3 Å². The van der Waals surface area contributed by atoms with Crippen LogP contribution in [0.15, 0.2) is 88.7 Å². The van der Waals surface area contributed by atoms with Gasteiger partial charge in [0, 0.05) is 18.8 Å². The van der Waals surface area contributed by atoms with Crippen LogP contribution in [0.3, 0.4) is 0 Å². The first-order valence-corrected chi connectivity index (χ1v) is 13.3. The van der Waals surface area contributed by atoms with Gasteiger partial charge in [0.1, 0.15) is 15.8 Å². The van der Waals surface area contributed by atoms with Crippen LogP contribution in [-0.2, 0) is 11.2 Å². The van der Waals surface area contributed by atoms with Crippen LogP contribution < -0.4 is 10.9 Å². The molecule has 2 aromatic heterocycles. The number of benzene rings is 2. The monoisotopic (exact) mass is 526 g/mol. The molecule has 1 amide bonds. The summed E-state index contributed by atoms with van der Waals surface area (Å²) >= 11 is 6.75. The van der Waals surface area contributed by atoms with Gasteiger partial charge in [0.05, 0.1) is 10.5 Å². The molecule has 8 heteroatoms. The third-order valence-electron chi connectivity index (χ3n) is 6.35. The van der Waals surface area contributed by atoms with Gasteiger partial charge in [0.15, 0.2) is 0 Å². The van der Waals surface area contributed by atoms with E-state index in [2.05, 4.69) is 5.32 Å². The van der Waals surface area contributed by atoms with E-state index >= 15 is 0 Å². The number of aryl methyl sites for hydroxylation is 1. The lowest BCUT2D eigenvalue weighted by molar-refractivity contribution is -0.122. The lowest BCUT2D eigenvalue weighted by atomic mass is 10.1. The zero-order chi connectivity index (χ0) is 25.9. The molecular formula is C29H26N4O2S2. The topological polar surface area (TPSA) is 66.7 Å². The van der Waals surface area contributed by atoms with Gasteiger partial charge in [-0.25, -0.2) is 4.98 Å². The van der Waals surface area contributed by atoms with E-state index in [9.17, 15) is 9.59 Å². The molecule has 2 aromatic carbocycles. The number of aromatic nitrogens is 2. The van der Waals surface area contributed by atoms with Crippen molar-refractivity contribution in [2.24, 2.45) is 0 Å². The van der Waals surface area contributed by atoms with Crippen molar-refractivity contribution in [1.29, 1.82) is 0 Å². The van der Waals surface area contributed by atoms with Crippen LogP contribution >= 0.6 is 24.0 Å². The number of anilines is 1. The summed E-state index contributed by atoms with van der Waals surface area (Å²) in [5.74, 6) is 0.243. The number of rotatable bonds is 7. The van der Waals surface area contributed by atoms with Crippen molar-refractivity contribution in [2.45, 2.75) is 26.3 Å². The molecule has 0 aliphatic carbocycles. The summed E-state index contributed by atoms with van der Waals surface area (Å²) in [6, 6.07) is 23.6. The normalized spacial score (nSPS) is 15.5. The second-order valence-electron chi connectivity index (χ2n) is 8.91. The Kier molecular flexibility index (Phi) is 7.21. The smallest absolute Gasteiger partial charge is 0.267 e. The first-order chi connectivity index (χ1) is 17.9. The lowest BCUT2D eigenvalue weighted by Crippen LogP contribution is -2.30. The first kappa shape index (κ1) is 24.9. The number of pyridine rings is 1. The molecule has 1 aliphatic heterocycles. The number of fused-ring (bicyclic) bond motifs is 1. The van der Waals surface area contributed by atoms with Gasteiger partial charge in [-0.3, -0.25) is 18.9 Å². The molecular weight excluding hydrogens is 500 g/mol. The lowest BCUT2D eigenvalue weighted by Gasteiger charge is -2.18. The van der Waals surface area contributed by atoms with E-state index in [4.69, 9.17) is 17.2 Å². The molecule has 1 fully saturated rings. The summed E-state index contributed by atoms with van der Waals surface area (Å²) in [5, 5.41) is 3.41. The Morgan fingerprint density at radius 2 is 1.73 bits per heavy atom. The molecule has 37 heavy (non-hydrogen) atoms. The molecule has 0 spiro atoms. The van der Waals surface area contributed by atoms with Gasteiger partial charge in [0.25, 0.3) is 11.5 Å². The number of thiocarbonyl (C=S) groups is 1. The number of hydrogen-bond donors (Lipinski definition) is 1. The number of hydrogen-bond acceptors (Lipinski definition) is 6. The van der Waals surface area contributed by atoms with Crippen molar-refractivity contribution in [2.75, 3.05) is 11.9 Å². The van der Waals surface area contributed by atoms with Gasteiger partial charge in [-0.1, -0.05) is 90.7 Å².